The van der Waals surface area contributed by atoms with Crippen LogP contribution in [0.2, 0.25) is 0 Å². The van der Waals surface area contributed by atoms with E-state index in [-0.39, 0.29) is 0 Å². The van der Waals surface area contributed by atoms with E-state index in [0.717, 1.165) is 14.1 Å². The molecule has 0 atom stereocenters. The normalized spacial score (nSPS) is 15.4. The number of hydrogen-bond acceptors (Lipinski definition) is 5. The third-order valence-corrected chi connectivity index (χ3v) is 6.90. The number of nitrogens with zero attached hydrogens (tertiary/aromatic N) is 2. The summed E-state index contributed by atoms with van der Waals surface area (Å²) in [6.07, 6.45) is -8.79. The molecule has 0 radical (unpaired) electrons. The van der Waals surface area contributed by atoms with Crippen LogP contribution in [0.1, 0.15) is 6.42 Å². The maximum absolute atomic E-state index is 14.3. The Morgan fingerprint density at radius 3 is 1.48 bits per heavy atom. The fourth-order valence-corrected chi connectivity index (χ4v) is 4.24. The van der Waals surface area contributed by atoms with Gasteiger partial charge in [-0.25, -0.2) is 8.42 Å². The topological polar surface area (TPSA) is 115 Å². The van der Waals surface area contributed by atoms with Crippen LogP contribution in [0.3, 0.4) is 0 Å². The summed E-state index contributed by atoms with van der Waals surface area (Å²) in [6.45, 7) is -5.50. The van der Waals surface area contributed by atoms with Crippen LogP contribution in [0.25, 0.3) is 0 Å². The van der Waals surface area contributed by atoms with Crippen molar-refractivity contribution in [2.24, 2.45) is 0 Å². The molecule has 1 N–H and O–H groups in total. The highest BCUT2D eigenvalue weighted by atomic mass is 32.2. The second-order valence-electron chi connectivity index (χ2n) is 8.66. The van der Waals surface area contributed by atoms with Crippen molar-refractivity contribution >= 4 is 22.0 Å². The zero-order chi connectivity index (χ0) is 32.8. The Hall–Kier alpha value is -2.24. The van der Waals surface area contributed by atoms with Crippen LogP contribution < -0.4 is 5.11 Å². The van der Waals surface area contributed by atoms with Gasteiger partial charge in [0.1, 0.15) is 13.1 Å². The van der Waals surface area contributed by atoms with Crippen molar-refractivity contribution in [3.8, 4) is 0 Å². The number of carbonyl (C=O) groups excluding carboxylic acids is 1. The fourth-order valence-electron chi connectivity index (χ4n) is 2.82. The number of carboxylic acid groups (broad SMARTS) is 2. The van der Waals surface area contributed by atoms with Gasteiger partial charge in [-0.2, -0.15) is 70.2 Å². The predicted molar refractivity (Wildman–Crippen MR) is 95.3 cm³/mol. The van der Waals surface area contributed by atoms with Crippen LogP contribution in [0.4, 0.5) is 65.9 Å². The first-order valence-corrected chi connectivity index (χ1v) is 11.2. The molecule has 0 aliphatic rings. The number of hydrogen-bond donors (Lipinski definition) is 1. The van der Waals surface area contributed by atoms with Gasteiger partial charge in [-0.3, -0.25) is 4.79 Å². The summed E-state index contributed by atoms with van der Waals surface area (Å²) in [6, 6.07) is 0. The predicted octanol–water partition coefficient (Wildman–Crippen LogP) is 2.25. The van der Waals surface area contributed by atoms with Gasteiger partial charge < -0.3 is 19.5 Å². The number of halogens is 15. The lowest BCUT2D eigenvalue weighted by Crippen LogP contribution is -2.74. The Bertz CT molecular complexity index is 1060. The molecule has 24 heteroatoms. The van der Waals surface area contributed by atoms with Crippen LogP contribution in [0.5, 0.6) is 0 Å². The van der Waals surface area contributed by atoms with Crippen molar-refractivity contribution in [1.29, 1.82) is 0 Å². The van der Waals surface area contributed by atoms with E-state index < -0.39 is 104 Å². The Morgan fingerprint density at radius 2 is 1.12 bits per heavy atom. The summed E-state index contributed by atoms with van der Waals surface area (Å²) in [5.74, 6) is -46.9. The van der Waals surface area contributed by atoms with Crippen LogP contribution in [0, 0.1) is 0 Å². The summed E-state index contributed by atoms with van der Waals surface area (Å²) in [7, 11) is -5.55. The van der Waals surface area contributed by atoms with Gasteiger partial charge in [0.05, 0.1) is 26.6 Å². The highest BCUT2D eigenvalue weighted by Crippen LogP contribution is 2.63. The van der Waals surface area contributed by atoms with Gasteiger partial charge in [0.15, 0.2) is 0 Å². The molecule has 0 aromatic rings. The summed E-state index contributed by atoms with van der Waals surface area (Å²) in [4.78, 5) is 21.5. The number of alkyl halides is 15. The maximum Gasteiger partial charge on any atom is 0.460 e. The molecular weight excluding hydrogens is 633 g/mol. The van der Waals surface area contributed by atoms with E-state index in [1.54, 1.807) is 0 Å². The number of carbonyl (C=O) groups is 2. The van der Waals surface area contributed by atoms with Crippen molar-refractivity contribution in [1.82, 2.24) is 4.31 Å². The summed E-state index contributed by atoms with van der Waals surface area (Å²) in [5, 5.41) is 11.5. The summed E-state index contributed by atoms with van der Waals surface area (Å²) in [5.41, 5.74) is 0. The molecule has 0 fully saturated rings. The zero-order valence-electron chi connectivity index (χ0n) is 19.5. The Balaban J connectivity index is 6.73. The molecule has 0 amide bonds. The van der Waals surface area contributed by atoms with Gasteiger partial charge in [0, 0.05) is 13.0 Å². The van der Waals surface area contributed by atoms with Gasteiger partial charge in [0.25, 0.3) is 10.0 Å². The summed E-state index contributed by atoms with van der Waals surface area (Å²) >= 11 is 0. The van der Waals surface area contributed by atoms with E-state index in [4.69, 9.17) is 5.11 Å². The van der Waals surface area contributed by atoms with Crippen LogP contribution >= 0.6 is 0 Å². The highest BCUT2D eigenvalue weighted by Gasteiger charge is 2.94. The van der Waals surface area contributed by atoms with Gasteiger partial charge in [-0.05, 0) is 0 Å². The van der Waals surface area contributed by atoms with E-state index in [2.05, 4.69) is 0 Å². The maximum atomic E-state index is 14.3. The number of sulfonamides is 1. The van der Waals surface area contributed by atoms with Gasteiger partial charge in [-0.15, -0.1) is 0 Å². The van der Waals surface area contributed by atoms with E-state index in [1.807, 2.05) is 0 Å². The van der Waals surface area contributed by atoms with Crippen LogP contribution in [-0.4, -0.2) is 116 Å². The molecular formula is C16H17F15N2O6S. The molecule has 0 saturated carbocycles. The van der Waals surface area contributed by atoms with Crippen molar-refractivity contribution in [3.05, 3.63) is 0 Å². The molecule has 0 unspecified atom stereocenters. The minimum absolute atomic E-state index is 0.630. The van der Waals surface area contributed by atoms with Crippen LogP contribution in [-0.2, 0) is 19.6 Å². The monoisotopic (exact) mass is 650 g/mol. The molecule has 40 heavy (non-hydrogen) atoms. The quantitative estimate of drug-likeness (QED) is 0.215. The smallest absolute Gasteiger partial charge is 0.460 e. The van der Waals surface area contributed by atoms with Crippen molar-refractivity contribution in [3.63, 3.8) is 0 Å². The molecule has 0 aliphatic carbocycles. The van der Waals surface area contributed by atoms with Crippen molar-refractivity contribution in [2.75, 3.05) is 40.3 Å². The molecule has 0 heterocycles. The van der Waals surface area contributed by atoms with Crippen molar-refractivity contribution in [2.45, 2.75) is 47.5 Å². The second kappa shape index (κ2) is 10.9. The first-order chi connectivity index (χ1) is 17.2. The molecule has 0 aliphatic heterocycles. The van der Waals surface area contributed by atoms with Crippen molar-refractivity contribution < 1.29 is 98.6 Å². The third-order valence-electron chi connectivity index (χ3n) is 5.00. The first-order valence-electron chi connectivity index (χ1n) is 9.76. The molecule has 0 bridgehead atoms. The summed E-state index contributed by atoms with van der Waals surface area (Å²) < 4.78 is 223. The SMILES string of the molecule is C[N+](C)(CCCN(CC(=O)O)S(=O)(=O)C(F)(F)C(F)(F)C(F)(F)C(F)(F)C(F)(F)C(F)(F)C(F)(F)F)CC(=O)[O-]. The minimum atomic E-state index is -8.73. The highest BCUT2D eigenvalue weighted by molar-refractivity contribution is 7.90. The van der Waals surface area contributed by atoms with E-state index in [9.17, 15) is 89.0 Å². The molecule has 8 nitrogen and oxygen atoms in total. The molecule has 238 valence electrons. The first kappa shape index (κ1) is 37.8. The van der Waals surface area contributed by atoms with Gasteiger partial charge in [0.2, 0.25) is 0 Å². The van der Waals surface area contributed by atoms with Gasteiger partial charge in [-0.1, -0.05) is 0 Å². The molecule has 0 aromatic carbocycles. The standard InChI is InChI=1S/C16H17F15N2O6S/c1-33(2,7-9(36)37)5-3-4-32(6-8(34)35)40(38,39)16(30,31)14(25,26)12(21,22)10(17,18)11(19,20)13(23,24)15(27,28)29/h3-7H2,1-2H3,(H-,34,35,36,37). The lowest BCUT2D eigenvalue weighted by molar-refractivity contribution is -0.884. The molecule has 0 rings (SSSR count). The number of quaternary nitrogens is 1. The Kier molecular flexibility index (Phi) is 10.3. The number of carboxylic acids is 2. The van der Waals surface area contributed by atoms with Gasteiger partial charge >= 0.3 is 47.0 Å². The number of aliphatic carboxylic acids is 2. The lowest BCUT2D eigenvalue weighted by Gasteiger charge is -2.41. The van der Waals surface area contributed by atoms with Crippen LogP contribution in [0.15, 0.2) is 0 Å². The third kappa shape index (κ3) is 6.31. The van der Waals surface area contributed by atoms with E-state index >= 15 is 0 Å². The zero-order valence-corrected chi connectivity index (χ0v) is 20.3. The molecule has 0 saturated heterocycles. The average Bonchev–Trinajstić information content (AvgIpc) is 2.69. The molecule has 0 aromatic heterocycles. The Morgan fingerprint density at radius 1 is 0.750 bits per heavy atom. The minimum Gasteiger partial charge on any atom is -0.544 e. The van der Waals surface area contributed by atoms with E-state index in [0.29, 0.717) is 0 Å². The lowest BCUT2D eigenvalue weighted by atomic mass is 9.94. The average molecular weight is 650 g/mol. The number of rotatable bonds is 15. The number of likely N-dealkylation sites (N-methyl/N-ethyl adjacent to an activating group) is 1. The van der Waals surface area contributed by atoms with E-state index in [1.165, 1.54) is 0 Å². The fraction of sp³-hybridized carbons (Fsp3) is 0.875. The second-order valence-corrected chi connectivity index (χ2v) is 10.6. The molecule has 0 spiro atoms. The largest absolute Gasteiger partial charge is 0.544 e. The Labute approximate surface area is 213 Å².